The van der Waals surface area contributed by atoms with E-state index in [-0.39, 0.29) is 0 Å². The normalized spacial score (nSPS) is 28.5. The number of likely N-dealkylation sites (tertiary alicyclic amines) is 1. The summed E-state index contributed by atoms with van der Waals surface area (Å²) < 4.78 is 0. The SMILES string of the molecule is CCC1CC(=O)N(CC(NC)C2CC2)C1. The van der Waals surface area contributed by atoms with E-state index in [2.05, 4.69) is 17.1 Å². The van der Waals surface area contributed by atoms with E-state index < -0.39 is 0 Å². The summed E-state index contributed by atoms with van der Waals surface area (Å²) in [5.41, 5.74) is 0. The predicted molar refractivity (Wildman–Crippen MR) is 60.5 cm³/mol. The fourth-order valence-corrected chi connectivity index (χ4v) is 2.52. The molecule has 1 saturated carbocycles. The number of nitrogens with zero attached hydrogens (tertiary/aromatic N) is 1. The second-order valence-electron chi connectivity index (χ2n) is 5.01. The van der Waals surface area contributed by atoms with Crippen LogP contribution in [0.4, 0.5) is 0 Å². The molecule has 2 fully saturated rings. The Labute approximate surface area is 92.2 Å². The van der Waals surface area contributed by atoms with Crippen molar-refractivity contribution in [3.8, 4) is 0 Å². The molecule has 3 nitrogen and oxygen atoms in total. The zero-order valence-electron chi connectivity index (χ0n) is 9.83. The first-order valence-electron chi connectivity index (χ1n) is 6.19. The molecule has 3 heteroatoms. The average molecular weight is 210 g/mol. The van der Waals surface area contributed by atoms with Crippen LogP contribution in [0, 0.1) is 11.8 Å². The van der Waals surface area contributed by atoms with Gasteiger partial charge in [-0.1, -0.05) is 13.3 Å². The minimum absolute atomic E-state index is 0.364. The highest BCUT2D eigenvalue weighted by molar-refractivity contribution is 5.78. The van der Waals surface area contributed by atoms with Crippen LogP contribution in [0.2, 0.25) is 0 Å². The van der Waals surface area contributed by atoms with Gasteiger partial charge in [-0.15, -0.1) is 0 Å². The van der Waals surface area contributed by atoms with Crippen molar-refractivity contribution in [1.82, 2.24) is 10.2 Å². The van der Waals surface area contributed by atoms with Crippen molar-refractivity contribution in [3.05, 3.63) is 0 Å². The zero-order chi connectivity index (χ0) is 10.8. The molecule has 0 bridgehead atoms. The third kappa shape index (κ3) is 2.51. The number of nitrogens with one attached hydrogen (secondary N) is 1. The molecule has 0 aromatic rings. The van der Waals surface area contributed by atoms with Gasteiger partial charge in [0.15, 0.2) is 0 Å². The molecule has 0 spiro atoms. The van der Waals surface area contributed by atoms with Crippen molar-refractivity contribution in [2.24, 2.45) is 11.8 Å². The zero-order valence-corrected chi connectivity index (χ0v) is 9.83. The minimum atomic E-state index is 0.364. The molecule has 0 radical (unpaired) electrons. The van der Waals surface area contributed by atoms with Gasteiger partial charge >= 0.3 is 0 Å². The van der Waals surface area contributed by atoms with Crippen LogP contribution in [-0.2, 0) is 4.79 Å². The van der Waals surface area contributed by atoms with Gasteiger partial charge in [-0.25, -0.2) is 0 Å². The van der Waals surface area contributed by atoms with Gasteiger partial charge in [0.1, 0.15) is 0 Å². The number of rotatable bonds is 5. The number of amides is 1. The van der Waals surface area contributed by atoms with Crippen LogP contribution in [0.1, 0.15) is 32.6 Å². The van der Waals surface area contributed by atoms with Crippen LogP contribution < -0.4 is 5.32 Å². The summed E-state index contributed by atoms with van der Waals surface area (Å²) >= 11 is 0. The highest BCUT2D eigenvalue weighted by Crippen LogP contribution is 2.33. The monoisotopic (exact) mass is 210 g/mol. The Kier molecular flexibility index (Phi) is 3.29. The number of hydrogen-bond donors (Lipinski definition) is 1. The average Bonchev–Trinajstić information content (AvgIpc) is 3.01. The fourth-order valence-electron chi connectivity index (χ4n) is 2.52. The van der Waals surface area contributed by atoms with E-state index in [1.165, 1.54) is 12.8 Å². The number of carbonyl (C=O) groups excluding carboxylic acids is 1. The largest absolute Gasteiger partial charge is 0.341 e. The molecule has 1 heterocycles. The quantitative estimate of drug-likeness (QED) is 0.740. The Morgan fingerprint density at radius 2 is 2.27 bits per heavy atom. The molecule has 86 valence electrons. The molecule has 15 heavy (non-hydrogen) atoms. The molecule has 1 N–H and O–H groups in total. The van der Waals surface area contributed by atoms with Crippen LogP contribution in [-0.4, -0.2) is 37.0 Å². The first-order chi connectivity index (χ1) is 7.24. The number of hydrogen-bond acceptors (Lipinski definition) is 2. The van der Waals surface area contributed by atoms with E-state index in [0.29, 0.717) is 17.9 Å². The minimum Gasteiger partial charge on any atom is -0.341 e. The lowest BCUT2D eigenvalue weighted by molar-refractivity contribution is -0.128. The summed E-state index contributed by atoms with van der Waals surface area (Å²) in [6, 6.07) is 0.532. The molecule has 0 aromatic carbocycles. The second kappa shape index (κ2) is 4.52. The highest BCUT2D eigenvalue weighted by atomic mass is 16.2. The molecule has 2 atom stereocenters. The van der Waals surface area contributed by atoms with Crippen molar-refractivity contribution in [1.29, 1.82) is 0 Å². The van der Waals surface area contributed by atoms with Gasteiger partial charge in [-0.05, 0) is 31.7 Å². The molecule has 2 aliphatic rings. The maximum atomic E-state index is 11.7. The van der Waals surface area contributed by atoms with Gasteiger partial charge in [-0.3, -0.25) is 4.79 Å². The van der Waals surface area contributed by atoms with Gasteiger partial charge in [0.05, 0.1) is 0 Å². The molecule has 1 aliphatic heterocycles. The Morgan fingerprint density at radius 3 is 2.73 bits per heavy atom. The fraction of sp³-hybridized carbons (Fsp3) is 0.917. The van der Waals surface area contributed by atoms with Gasteiger partial charge in [-0.2, -0.15) is 0 Å². The first kappa shape index (κ1) is 10.9. The van der Waals surface area contributed by atoms with Gasteiger partial charge in [0.2, 0.25) is 5.91 Å². The van der Waals surface area contributed by atoms with Crippen molar-refractivity contribution in [2.75, 3.05) is 20.1 Å². The lowest BCUT2D eigenvalue weighted by Gasteiger charge is -2.23. The van der Waals surface area contributed by atoms with E-state index in [0.717, 1.165) is 31.8 Å². The maximum absolute atomic E-state index is 11.7. The lowest BCUT2D eigenvalue weighted by Crippen LogP contribution is -2.41. The van der Waals surface area contributed by atoms with Crippen LogP contribution >= 0.6 is 0 Å². The third-order valence-electron chi connectivity index (χ3n) is 3.85. The Morgan fingerprint density at radius 1 is 1.53 bits per heavy atom. The molecule has 1 amide bonds. The summed E-state index contributed by atoms with van der Waals surface area (Å²) in [6.07, 6.45) is 4.59. The maximum Gasteiger partial charge on any atom is 0.222 e. The van der Waals surface area contributed by atoms with E-state index in [1.54, 1.807) is 0 Å². The van der Waals surface area contributed by atoms with Crippen LogP contribution in [0.5, 0.6) is 0 Å². The van der Waals surface area contributed by atoms with Gasteiger partial charge < -0.3 is 10.2 Å². The Bertz CT molecular complexity index is 238. The first-order valence-corrected chi connectivity index (χ1v) is 6.19. The molecule has 0 aromatic heterocycles. The van der Waals surface area contributed by atoms with Crippen molar-refractivity contribution in [2.45, 2.75) is 38.6 Å². The van der Waals surface area contributed by atoms with E-state index >= 15 is 0 Å². The summed E-state index contributed by atoms with van der Waals surface area (Å²) in [5.74, 6) is 1.79. The van der Waals surface area contributed by atoms with Gasteiger partial charge in [0.25, 0.3) is 0 Å². The highest BCUT2D eigenvalue weighted by Gasteiger charge is 2.35. The summed E-state index contributed by atoms with van der Waals surface area (Å²) in [5, 5.41) is 3.35. The Balaban J connectivity index is 1.85. The van der Waals surface area contributed by atoms with Crippen LogP contribution in [0.15, 0.2) is 0 Å². The Hall–Kier alpha value is -0.570. The smallest absolute Gasteiger partial charge is 0.222 e. The molecule has 1 aliphatic carbocycles. The number of carbonyl (C=O) groups is 1. The van der Waals surface area contributed by atoms with Crippen molar-refractivity contribution >= 4 is 5.91 Å². The van der Waals surface area contributed by atoms with E-state index in [9.17, 15) is 4.79 Å². The van der Waals surface area contributed by atoms with Crippen LogP contribution in [0.3, 0.4) is 0 Å². The third-order valence-corrected chi connectivity index (χ3v) is 3.85. The van der Waals surface area contributed by atoms with E-state index in [1.807, 2.05) is 7.05 Å². The van der Waals surface area contributed by atoms with Crippen LogP contribution in [0.25, 0.3) is 0 Å². The second-order valence-corrected chi connectivity index (χ2v) is 5.01. The predicted octanol–water partition coefficient (Wildman–Crippen LogP) is 1.24. The molecule has 2 unspecified atom stereocenters. The standard InChI is InChI=1S/C12H22N2O/c1-3-9-6-12(15)14(7-9)8-11(13-2)10-4-5-10/h9-11,13H,3-8H2,1-2H3. The molecule has 1 saturated heterocycles. The summed E-state index contributed by atoms with van der Waals surface area (Å²) in [4.78, 5) is 13.8. The molecule has 2 rings (SSSR count). The van der Waals surface area contributed by atoms with Crippen molar-refractivity contribution < 1.29 is 4.79 Å². The van der Waals surface area contributed by atoms with E-state index in [4.69, 9.17) is 0 Å². The number of likely N-dealkylation sites (N-methyl/N-ethyl adjacent to an activating group) is 1. The summed E-state index contributed by atoms with van der Waals surface area (Å²) in [7, 11) is 2.01. The summed E-state index contributed by atoms with van der Waals surface area (Å²) in [6.45, 7) is 4.09. The topological polar surface area (TPSA) is 32.3 Å². The van der Waals surface area contributed by atoms with Crippen molar-refractivity contribution in [3.63, 3.8) is 0 Å². The van der Waals surface area contributed by atoms with Gasteiger partial charge in [0, 0.05) is 25.6 Å². The lowest BCUT2D eigenvalue weighted by atomic mass is 10.1. The molecular formula is C12H22N2O. The molecular weight excluding hydrogens is 188 g/mol.